The lowest BCUT2D eigenvalue weighted by molar-refractivity contribution is -0.125. The zero-order chi connectivity index (χ0) is 15.8. The van der Waals surface area contributed by atoms with Crippen LogP contribution in [0.1, 0.15) is 16.8 Å². The lowest BCUT2D eigenvalue weighted by atomic mass is 10.2. The van der Waals surface area contributed by atoms with E-state index in [1.54, 1.807) is 6.07 Å². The normalized spacial score (nSPS) is 17.0. The zero-order valence-corrected chi connectivity index (χ0v) is 13.5. The van der Waals surface area contributed by atoms with Gasteiger partial charge in [-0.2, -0.15) is 0 Å². The first-order chi connectivity index (χ1) is 10.7. The van der Waals surface area contributed by atoms with Gasteiger partial charge in [-0.25, -0.2) is 4.39 Å². The molecule has 3 N–H and O–H groups in total. The Morgan fingerprint density at radius 3 is 2.78 bits per heavy atom. The maximum Gasteiger partial charge on any atom is 0.251 e. The van der Waals surface area contributed by atoms with Crippen LogP contribution in [-0.4, -0.2) is 50.7 Å². The molecule has 1 heterocycles. The number of morpholine rings is 1. The number of nitrogens with one attached hydrogen (secondary N) is 3. The van der Waals surface area contributed by atoms with Gasteiger partial charge in [-0.3, -0.25) is 9.59 Å². The summed E-state index contributed by atoms with van der Waals surface area (Å²) in [5.74, 6) is -0.869. The van der Waals surface area contributed by atoms with E-state index in [9.17, 15) is 14.0 Å². The molecule has 6 nitrogen and oxygen atoms in total. The van der Waals surface area contributed by atoms with Gasteiger partial charge in [0.25, 0.3) is 5.91 Å². The van der Waals surface area contributed by atoms with Gasteiger partial charge in [0.05, 0.1) is 13.2 Å². The van der Waals surface area contributed by atoms with Gasteiger partial charge in [-0.1, -0.05) is 6.07 Å². The maximum atomic E-state index is 13.0. The Kier molecular flexibility index (Phi) is 8.53. The fraction of sp³-hybridized carbons (Fsp3) is 0.467. The molecule has 0 spiro atoms. The second-order valence-electron chi connectivity index (χ2n) is 4.99. The van der Waals surface area contributed by atoms with Crippen LogP contribution in [0.15, 0.2) is 24.3 Å². The van der Waals surface area contributed by atoms with Crippen LogP contribution < -0.4 is 16.0 Å². The molecule has 2 amide bonds. The minimum Gasteiger partial charge on any atom is -0.378 e. The Morgan fingerprint density at radius 1 is 1.30 bits per heavy atom. The number of amides is 2. The van der Waals surface area contributed by atoms with Crippen molar-refractivity contribution in [3.63, 3.8) is 0 Å². The second-order valence-corrected chi connectivity index (χ2v) is 4.99. The average Bonchev–Trinajstić information content (AvgIpc) is 2.55. The van der Waals surface area contributed by atoms with Crippen molar-refractivity contribution in [3.05, 3.63) is 35.6 Å². The molecular weight excluding hydrogens is 325 g/mol. The van der Waals surface area contributed by atoms with Crippen molar-refractivity contribution in [3.8, 4) is 0 Å². The lowest BCUT2D eigenvalue weighted by Crippen LogP contribution is -2.51. The molecular formula is C15H21ClFN3O3. The van der Waals surface area contributed by atoms with Crippen molar-refractivity contribution in [2.45, 2.75) is 12.5 Å². The third kappa shape index (κ3) is 6.52. The Labute approximate surface area is 140 Å². The van der Waals surface area contributed by atoms with E-state index in [0.717, 1.165) is 0 Å². The van der Waals surface area contributed by atoms with E-state index in [1.165, 1.54) is 18.2 Å². The number of ether oxygens (including phenoxy) is 1. The van der Waals surface area contributed by atoms with Gasteiger partial charge in [-0.05, 0) is 24.6 Å². The number of hydrogen-bond acceptors (Lipinski definition) is 4. The first kappa shape index (κ1) is 19.3. The molecule has 1 aliphatic rings. The molecule has 1 aliphatic heterocycles. The molecule has 128 valence electrons. The van der Waals surface area contributed by atoms with E-state index < -0.39 is 5.82 Å². The standard InChI is InChI=1S/C15H20FN3O3.ClH/c16-12-4-1-3-11(9-12)14(20)18-5-2-6-19-15(21)13-10-22-8-7-17-13;/h1,3-4,9,13,17H,2,5-8,10H2,(H,18,20)(H,19,21);1H. The van der Waals surface area contributed by atoms with Gasteiger partial charge in [-0.15, -0.1) is 12.4 Å². The third-order valence-corrected chi connectivity index (χ3v) is 3.26. The van der Waals surface area contributed by atoms with E-state index in [0.29, 0.717) is 39.3 Å². The molecule has 23 heavy (non-hydrogen) atoms. The van der Waals surface area contributed by atoms with E-state index >= 15 is 0 Å². The van der Waals surface area contributed by atoms with E-state index in [4.69, 9.17) is 4.74 Å². The van der Waals surface area contributed by atoms with Crippen LogP contribution in [0, 0.1) is 5.82 Å². The summed E-state index contributed by atoms with van der Waals surface area (Å²) in [6.45, 7) is 2.53. The molecule has 0 aromatic heterocycles. The summed E-state index contributed by atoms with van der Waals surface area (Å²) in [5.41, 5.74) is 0.285. The van der Waals surface area contributed by atoms with Crippen LogP contribution in [0.2, 0.25) is 0 Å². The summed E-state index contributed by atoms with van der Waals surface area (Å²) in [5, 5.41) is 8.53. The van der Waals surface area contributed by atoms with Crippen molar-refractivity contribution in [1.29, 1.82) is 0 Å². The highest BCUT2D eigenvalue weighted by Crippen LogP contribution is 2.02. The van der Waals surface area contributed by atoms with Crippen molar-refractivity contribution in [1.82, 2.24) is 16.0 Å². The summed E-state index contributed by atoms with van der Waals surface area (Å²) >= 11 is 0. The van der Waals surface area contributed by atoms with Gasteiger partial charge in [0.1, 0.15) is 11.9 Å². The van der Waals surface area contributed by atoms with Crippen LogP contribution in [0.3, 0.4) is 0 Å². The third-order valence-electron chi connectivity index (χ3n) is 3.26. The molecule has 0 aliphatic carbocycles. The van der Waals surface area contributed by atoms with E-state index in [1.807, 2.05) is 0 Å². The summed E-state index contributed by atoms with van der Waals surface area (Å²) < 4.78 is 18.2. The second kappa shape index (κ2) is 10.1. The average molecular weight is 346 g/mol. The SMILES string of the molecule is Cl.O=C(NCCCNC(=O)C1COCCN1)c1cccc(F)c1. The summed E-state index contributed by atoms with van der Waals surface area (Å²) in [4.78, 5) is 23.5. The topological polar surface area (TPSA) is 79.5 Å². The Morgan fingerprint density at radius 2 is 2.09 bits per heavy atom. The molecule has 8 heteroatoms. The molecule has 2 rings (SSSR count). The predicted octanol–water partition coefficient (Wildman–Crippen LogP) is 0.472. The van der Waals surface area contributed by atoms with Crippen molar-refractivity contribution in [2.24, 2.45) is 0 Å². The van der Waals surface area contributed by atoms with Gasteiger partial charge in [0, 0.05) is 25.2 Å². The predicted molar refractivity (Wildman–Crippen MR) is 86.2 cm³/mol. The molecule has 1 fully saturated rings. The summed E-state index contributed by atoms with van der Waals surface area (Å²) in [7, 11) is 0. The van der Waals surface area contributed by atoms with Gasteiger partial charge in [0.2, 0.25) is 5.91 Å². The number of carbonyl (C=O) groups excluding carboxylic acids is 2. The van der Waals surface area contributed by atoms with Gasteiger partial charge >= 0.3 is 0 Å². The highest BCUT2D eigenvalue weighted by molar-refractivity contribution is 5.94. The van der Waals surface area contributed by atoms with E-state index in [-0.39, 0.29) is 35.8 Å². The Hall–Kier alpha value is -1.70. The maximum absolute atomic E-state index is 13.0. The largest absolute Gasteiger partial charge is 0.378 e. The smallest absolute Gasteiger partial charge is 0.251 e. The van der Waals surface area contributed by atoms with Gasteiger partial charge in [0.15, 0.2) is 0 Å². The highest BCUT2D eigenvalue weighted by Gasteiger charge is 2.20. The van der Waals surface area contributed by atoms with Crippen molar-refractivity contribution < 1.29 is 18.7 Å². The molecule has 0 saturated carbocycles. The van der Waals surface area contributed by atoms with E-state index in [2.05, 4.69) is 16.0 Å². The van der Waals surface area contributed by atoms with Crippen LogP contribution >= 0.6 is 12.4 Å². The zero-order valence-electron chi connectivity index (χ0n) is 12.6. The number of rotatable bonds is 6. The van der Waals surface area contributed by atoms with Crippen molar-refractivity contribution in [2.75, 3.05) is 32.8 Å². The van der Waals surface area contributed by atoms with Crippen LogP contribution in [0.4, 0.5) is 4.39 Å². The number of halogens is 2. The van der Waals surface area contributed by atoms with Gasteiger partial charge < -0.3 is 20.7 Å². The monoisotopic (exact) mass is 345 g/mol. The number of benzene rings is 1. The molecule has 1 atom stereocenters. The van der Waals surface area contributed by atoms with Crippen LogP contribution in [0.25, 0.3) is 0 Å². The molecule has 1 aromatic rings. The van der Waals surface area contributed by atoms with Crippen LogP contribution in [-0.2, 0) is 9.53 Å². The Bertz CT molecular complexity index is 524. The molecule has 0 bridgehead atoms. The fourth-order valence-electron chi connectivity index (χ4n) is 2.09. The highest BCUT2D eigenvalue weighted by atomic mass is 35.5. The molecule has 0 radical (unpaired) electrons. The lowest BCUT2D eigenvalue weighted by Gasteiger charge is -2.22. The minimum absolute atomic E-state index is 0. The fourth-order valence-corrected chi connectivity index (χ4v) is 2.09. The molecule has 1 saturated heterocycles. The first-order valence-corrected chi connectivity index (χ1v) is 7.29. The van der Waals surface area contributed by atoms with Crippen LogP contribution in [0.5, 0.6) is 0 Å². The van der Waals surface area contributed by atoms with Crippen molar-refractivity contribution >= 4 is 24.2 Å². The molecule has 1 unspecified atom stereocenters. The quantitative estimate of drug-likeness (QED) is 0.655. The summed E-state index contributed by atoms with van der Waals surface area (Å²) in [6, 6.07) is 5.20. The summed E-state index contributed by atoms with van der Waals surface area (Å²) in [6.07, 6.45) is 0.598. The first-order valence-electron chi connectivity index (χ1n) is 7.29. The molecule has 1 aromatic carbocycles. The number of carbonyl (C=O) groups is 2. The number of hydrogen-bond donors (Lipinski definition) is 3. The minimum atomic E-state index is -0.442. The Balaban J connectivity index is 0.00000264.